The molecule has 0 fully saturated rings. The summed E-state index contributed by atoms with van der Waals surface area (Å²) < 4.78 is 4.49. The lowest BCUT2D eigenvalue weighted by molar-refractivity contribution is -0.117. The lowest BCUT2D eigenvalue weighted by Gasteiger charge is -2.06. The van der Waals surface area contributed by atoms with Gasteiger partial charge < -0.3 is 5.32 Å². The van der Waals surface area contributed by atoms with E-state index < -0.39 is 5.69 Å². The number of carbonyl (C=O) groups is 1. The fourth-order valence-corrected chi connectivity index (χ4v) is 5.16. The zero-order valence-corrected chi connectivity index (χ0v) is 18.8. The summed E-state index contributed by atoms with van der Waals surface area (Å²) in [7, 11) is 0. The average molecular weight is 466 g/mol. The Morgan fingerprint density at radius 1 is 1.09 bits per heavy atom. The van der Waals surface area contributed by atoms with Crippen LogP contribution in [-0.2, 0) is 24.3 Å². The van der Waals surface area contributed by atoms with Crippen LogP contribution in [0.5, 0.6) is 0 Å². The quantitative estimate of drug-likeness (QED) is 0.417. The monoisotopic (exact) mass is 465 g/mol. The first-order valence-electron chi connectivity index (χ1n) is 10.1. The highest BCUT2D eigenvalue weighted by Gasteiger charge is 2.20. The largest absolute Gasteiger partial charge is 0.352 e. The summed E-state index contributed by atoms with van der Waals surface area (Å²) in [6, 6.07) is 13.1. The van der Waals surface area contributed by atoms with E-state index in [9.17, 15) is 14.4 Å². The molecule has 0 spiro atoms. The third-order valence-corrected chi connectivity index (χ3v) is 6.95. The van der Waals surface area contributed by atoms with Gasteiger partial charge in [0.05, 0.1) is 12.1 Å². The van der Waals surface area contributed by atoms with E-state index >= 15 is 0 Å². The molecule has 1 N–H and O–H groups in total. The number of nitrogens with one attached hydrogen (secondary N) is 1. The first kappa shape index (κ1) is 20.4. The van der Waals surface area contributed by atoms with Crippen LogP contribution in [0.25, 0.3) is 16.0 Å². The van der Waals surface area contributed by atoms with E-state index in [1.165, 1.54) is 31.6 Å². The van der Waals surface area contributed by atoms with Crippen molar-refractivity contribution in [1.29, 1.82) is 0 Å². The highest BCUT2D eigenvalue weighted by Crippen LogP contribution is 2.19. The number of aromatic nitrogens is 4. The Labute approximate surface area is 190 Å². The maximum absolute atomic E-state index is 13.2. The predicted molar refractivity (Wildman–Crippen MR) is 127 cm³/mol. The minimum atomic E-state index is -0.458. The van der Waals surface area contributed by atoms with E-state index in [0.717, 1.165) is 21.5 Å². The van der Waals surface area contributed by atoms with Crippen LogP contribution in [-0.4, -0.2) is 24.7 Å². The van der Waals surface area contributed by atoms with Gasteiger partial charge in [0.25, 0.3) is 5.56 Å². The molecule has 0 saturated heterocycles. The number of anilines is 1. The lowest BCUT2D eigenvalue weighted by atomic mass is 10.1. The third-order valence-electron chi connectivity index (χ3n) is 5.19. The van der Waals surface area contributed by atoms with Crippen LogP contribution in [0.1, 0.15) is 17.4 Å². The van der Waals surface area contributed by atoms with Gasteiger partial charge >= 0.3 is 5.69 Å². The number of amides is 1. The van der Waals surface area contributed by atoms with Crippen LogP contribution in [0, 0.1) is 0 Å². The summed E-state index contributed by atoms with van der Waals surface area (Å²) >= 11 is 2.81. The molecule has 1 aromatic carbocycles. The van der Waals surface area contributed by atoms with Crippen molar-refractivity contribution in [1.82, 2.24) is 18.7 Å². The van der Waals surface area contributed by atoms with Crippen LogP contribution in [0.15, 0.2) is 62.8 Å². The van der Waals surface area contributed by atoms with Gasteiger partial charge in [-0.2, -0.15) is 0 Å². The molecule has 5 aromatic rings. The van der Waals surface area contributed by atoms with Gasteiger partial charge in [-0.15, -0.1) is 27.8 Å². The molecule has 1 amide bonds. The molecular formula is C22H19N5O3S2. The lowest BCUT2D eigenvalue weighted by Crippen LogP contribution is -2.29. The summed E-state index contributed by atoms with van der Waals surface area (Å²) in [5.74, 6) is -0.141. The number of fused-ring (bicyclic) bond motifs is 3. The molecular weight excluding hydrogens is 446 g/mol. The normalized spacial score (nSPS) is 11.4. The van der Waals surface area contributed by atoms with Crippen LogP contribution >= 0.6 is 22.7 Å². The van der Waals surface area contributed by atoms with E-state index in [1.54, 1.807) is 17.5 Å². The maximum Gasteiger partial charge on any atom is 0.352 e. The Kier molecular flexibility index (Phi) is 5.24. The number of carbonyl (C=O) groups excluding carboxylic acids is 1. The van der Waals surface area contributed by atoms with Gasteiger partial charge in [-0.3, -0.25) is 14.2 Å². The zero-order chi connectivity index (χ0) is 22.2. The molecule has 5 rings (SSSR count). The molecule has 0 unspecified atom stereocenters. The van der Waals surface area contributed by atoms with Crippen molar-refractivity contribution in [3.05, 3.63) is 84.5 Å². The van der Waals surface area contributed by atoms with E-state index in [0.29, 0.717) is 22.4 Å². The van der Waals surface area contributed by atoms with Crippen molar-refractivity contribution < 1.29 is 4.79 Å². The Bertz CT molecular complexity index is 1560. The van der Waals surface area contributed by atoms with Gasteiger partial charge in [0, 0.05) is 10.6 Å². The molecule has 0 aliphatic heterocycles. The number of benzene rings is 1. The van der Waals surface area contributed by atoms with Crippen molar-refractivity contribution in [3.63, 3.8) is 0 Å². The molecule has 4 aromatic heterocycles. The summed E-state index contributed by atoms with van der Waals surface area (Å²) in [6.45, 7) is 2.09. The topological polar surface area (TPSA) is 90.4 Å². The number of aryl methyl sites for hydroxylation is 1. The van der Waals surface area contributed by atoms with Crippen LogP contribution in [0.4, 0.5) is 5.69 Å². The fourth-order valence-electron chi connectivity index (χ4n) is 3.64. The van der Waals surface area contributed by atoms with Crippen molar-refractivity contribution in [2.45, 2.75) is 26.4 Å². The smallest absolute Gasteiger partial charge is 0.324 e. The molecule has 0 saturated carbocycles. The second kappa shape index (κ2) is 8.21. The van der Waals surface area contributed by atoms with Gasteiger partial charge in [0.15, 0.2) is 0 Å². The van der Waals surface area contributed by atoms with Gasteiger partial charge in [0.2, 0.25) is 11.7 Å². The van der Waals surface area contributed by atoms with Crippen LogP contribution < -0.4 is 16.6 Å². The molecule has 0 aliphatic carbocycles. The second-order valence-electron chi connectivity index (χ2n) is 7.28. The molecule has 0 radical (unpaired) electrons. The Hall–Kier alpha value is -3.50. The highest BCUT2D eigenvalue weighted by molar-refractivity contribution is 7.17. The number of hydrogen-bond acceptors (Lipinski definition) is 6. The van der Waals surface area contributed by atoms with Crippen LogP contribution in [0.3, 0.4) is 0 Å². The number of thiophene rings is 2. The van der Waals surface area contributed by atoms with Crippen molar-refractivity contribution in [2.24, 2.45) is 0 Å². The van der Waals surface area contributed by atoms with E-state index in [2.05, 4.69) is 10.4 Å². The van der Waals surface area contributed by atoms with Crippen molar-refractivity contribution >= 4 is 50.3 Å². The van der Waals surface area contributed by atoms with Gasteiger partial charge in [0.1, 0.15) is 11.2 Å². The number of hydrogen-bond donors (Lipinski definition) is 1. The van der Waals surface area contributed by atoms with E-state index in [-0.39, 0.29) is 23.8 Å². The van der Waals surface area contributed by atoms with Crippen molar-refractivity contribution in [2.75, 3.05) is 5.32 Å². The number of rotatable bonds is 6. The Morgan fingerprint density at radius 3 is 2.75 bits per heavy atom. The Morgan fingerprint density at radius 2 is 1.97 bits per heavy atom. The summed E-state index contributed by atoms with van der Waals surface area (Å²) in [6.07, 6.45) is 0.855. The van der Waals surface area contributed by atoms with Crippen molar-refractivity contribution in [3.8, 4) is 0 Å². The summed E-state index contributed by atoms with van der Waals surface area (Å²) in [5.41, 5.74) is 1.62. The Balaban J connectivity index is 1.56. The van der Waals surface area contributed by atoms with Crippen LogP contribution in [0.2, 0.25) is 0 Å². The van der Waals surface area contributed by atoms with Gasteiger partial charge in [-0.05, 0) is 47.0 Å². The molecule has 10 heteroatoms. The fraction of sp³-hybridized carbons (Fsp3) is 0.182. The number of nitrogens with zero attached hydrogens (tertiary/aromatic N) is 4. The SMILES string of the molecule is CCc1cccc(NC(=O)Cn2nc3n(Cc4cccs4)c(=O)c4sccc4n3c2=O)c1. The first-order valence-corrected chi connectivity index (χ1v) is 11.8. The molecule has 8 nitrogen and oxygen atoms in total. The zero-order valence-electron chi connectivity index (χ0n) is 17.1. The minimum absolute atomic E-state index is 0.200. The maximum atomic E-state index is 13.2. The predicted octanol–water partition coefficient (Wildman–Crippen LogP) is 3.18. The summed E-state index contributed by atoms with van der Waals surface area (Å²) in [4.78, 5) is 39.9. The molecule has 162 valence electrons. The molecule has 32 heavy (non-hydrogen) atoms. The van der Waals surface area contributed by atoms with E-state index in [4.69, 9.17) is 0 Å². The van der Waals surface area contributed by atoms with Gasteiger partial charge in [-0.25, -0.2) is 13.9 Å². The average Bonchev–Trinajstić information content (AvgIpc) is 3.53. The molecule has 0 atom stereocenters. The molecule has 0 bridgehead atoms. The summed E-state index contributed by atoms with van der Waals surface area (Å²) in [5, 5.41) is 10.9. The minimum Gasteiger partial charge on any atom is -0.324 e. The second-order valence-corrected chi connectivity index (χ2v) is 9.23. The standard InChI is InChI=1S/C22H19N5O3S2/c1-2-14-5-3-6-15(11-14)23-18(28)13-26-22(30)27-17-8-10-32-19(17)20(29)25(21(27)24-26)12-16-7-4-9-31-16/h3-11H,2,12-13H2,1H3,(H,23,28). The third kappa shape index (κ3) is 3.57. The molecule has 4 heterocycles. The first-order chi connectivity index (χ1) is 15.5. The highest BCUT2D eigenvalue weighted by atomic mass is 32.1. The molecule has 0 aliphatic rings. The van der Waals surface area contributed by atoms with E-state index in [1.807, 2.05) is 42.6 Å². The van der Waals surface area contributed by atoms with Gasteiger partial charge in [-0.1, -0.05) is 25.1 Å².